The number of hydrogen-bond donors (Lipinski definition) is 1. The van der Waals surface area contributed by atoms with Gasteiger partial charge in [0.15, 0.2) is 0 Å². The fourth-order valence-corrected chi connectivity index (χ4v) is 2.38. The van der Waals surface area contributed by atoms with Crippen LogP contribution in [0, 0.1) is 5.92 Å². The molecule has 2 heterocycles. The quantitative estimate of drug-likeness (QED) is 0.924. The predicted octanol–water partition coefficient (Wildman–Crippen LogP) is 2.06. The van der Waals surface area contributed by atoms with Crippen LogP contribution < -0.4 is 5.73 Å². The minimum Gasteiger partial charge on any atom is -0.343 e. The lowest BCUT2D eigenvalue weighted by molar-refractivity contribution is -0.132. The van der Waals surface area contributed by atoms with Crippen molar-refractivity contribution >= 4 is 30.7 Å². The van der Waals surface area contributed by atoms with Gasteiger partial charge in [-0.05, 0) is 49.4 Å². The van der Waals surface area contributed by atoms with Gasteiger partial charge >= 0.3 is 0 Å². The molecule has 0 spiro atoms. The summed E-state index contributed by atoms with van der Waals surface area (Å²) in [5, 5.41) is 0. The monoisotopic (exact) mass is 319 g/mol. The molecule has 4 nitrogen and oxygen atoms in total. The highest BCUT2D eigenvalue weighted by Gasteiger charge is 2.21. The van der Waals surface area contributed by atoms with Gasteiger partial charge in [0.25, 0.3) is 0 Å². The van der Waals surface area contributed by atoms with Crippen LogP contribution in [0.15, 0.2) is 24.5 Å². The summed E-state index contributed by atoms with van der Waals surface area (Å²) in [6.45, 7) is 2.49. The van der Waals surface area contributed by atoms with E-state index in [0.29, 0.717) is 12.3 Å². The van der Waals surface area contributed by atoms with Gasteiger partial charge in [0.05, 0.1) is 0 Å². The second-order valence-corrected chi connectivity index (χ2v) is 4.92. The van der Waals surface area contributed by atoms with Gasteiger partial charge in [-0.3, -0.25) is 9.78 Å². The molecule has 1 aromatic rings. The Morgan fingerprint density at radius 2 is 1.85 bits per heavy atom. The zero-order chi connectivity index (χ0) is 12.8. The first-order valence-electron chi connectivity index (χ1n) is 6.66. The highest BCUT2D eigenvalue weighted by Crippen LogP contribution is 2.16. The van der Waals surface area contributed by atoms with Crippen LogP contribution >= 0.6 is 24.8 Å². The average Bonchev–Trinajstić information content (AvgIpc) is 2.46. The number of carbonyl (C=O) groups is 1. The normalized spacial score (nSPS) is 15.2. The molecule has 1 aromatic heterocycles. The first kappa shape index (κ1) is 19.2. The molecule has 1 aliphatic rings. The second kappa shape index (κ2) is 9.97. The van der Waals surface area contributed by atoms with Gasteiger partial charge in [0.2, 0.25) is 5.91 Å². The minimum atomic E-state index is 0. The number of pyridine rings is 1. The Balaban J connectivity index is 0.00000180. The number of aromatic nitrogens is 1. The maximum atomic E-state index is 12.0. The van der Waals surface area contributed by atoms with Crippen molar-refractivity contribution < 1.29 is 4.79 Å². The van der Waals surface area contributed by atoms with E-state index >= 15 is 0 Å². The molecule has 0 saturated carbocycles. The first-order valence-corrected chi connectivity index (χ1v) is 6.66. The highest BCUT2D eigenvalue weighted by atomic mass is 35.5. The summed E-state index contributed by atoms with van der Waals surface area (Å²) < 4.78 is 0. The maximum Gasteiger partial charge on any atom is 0.222 e. The van der Waals surface area contributed by atoms with Crippen molar-refractivity contribution in [2.24, 2.45) is 11.7 Å². The van der Waals surface area contributed by atoms with Crippen LogP contribution in [0.2, 0.25) is 0 Å². The molecular formula is C14H23Cl2N3O. The Kier molecular flexibility index (Phi) is 9.55. The number of aryl methyl sites for hydroxylation is 1. The predicted molar refractivity (Wildman–Crippen MR) is 85.4 cm³/mol. The summed E-state index contributed by atoms with van der Waals surface area (Å²) >= 11 is 0. The second-order valence-electron chi connectivity index (χ2n) is 4.92. The van der Waals surface area contributed by atoms with Crippen molar-refractivity contribution in [3.63, 3.8) is 0 Å². The third-order valence-corrected chi connectivity index (χ3v) is 3.68. The molecule has 0 bridgehead atoms. The number of likely N-dealkylation sites (tertiary alicyclic amines) is 1. The van der Waals surface area contributed by atoms with Crippen LogP contribution in [0.3, 0.4) is 0 Å². The van der Waals surface area contributed by atoms with E-state index in [0.717, 1.165) is 38.9 Å². The topological polar surface area (TPSA) is 59.2 Å². The molecule has 0 aromatic carbocycles. The van der Waals surface area contributed by atoms with Crippen molar-refractivity contribution in [3.8, 4) is 0 Å². The summed E-state index contributed by atoms with van der Waals surface area (Å²) in [6.07, 6.45) is 7.05. The van der Waals surface area contributed by atoms with E-state index < -0.39 is 0 Å². The van der Waals surface area contributed by atoms with Gasteiger partial charge in [0.1, 0.15) is 0 Å². The molecule has 1 saturated heterocycles. The van der Waals surface area contributed by atoms with Crippen molar-refractivity contribution in [3.05, 3.63) is 30.1 Å². The van der Waals surface area contributed by atoms with Gasteiger partial charge in [0, 0.05) is 31.9 Å². The van der Waals surface area contributed by atoms with Crippen molar-refractivity contribution in [1.82, 2.24) is 9.88 Å². The SMILES string of the molecule is Cl.Cl.NCC1CCN(C(=O)CCc2ccncc2)CC1. The Bertz CT molecular complexity index is 381. The van der Waals surface area contributed by atoms with Crippen molar-refractivity contribution in [1.29, 1.82) is 0 Å². The molecule has 2 N–H and O–H groups in total. The van der Waals surface area contributed by atoms with Crippen molar-refractivity contribution in [2.75, 3.05) is 19.6 Å². The van der Waals surface area contributed by atoms with E-state index in [9.17, 15) is 4.79 Å². The third-order valence-electron chi connectivity index (χ3n) is 3.68. The summed E-state index contributed by atoms with van der Waals surface area (Å²) in [4.78, 5) is 18.0. The first-order chi connectivity index (χ1) is 8.79. The summed E-state index contributed by atoms with van der Waals surface area (Å²) in [5.74, 6) is 0.872. The number of halogens is 2. The van der Waals surface area contributed by atoms with Crippen LogP contribution in [0.4, 0.5) is 0 Å². The van der Waals surface area contributed by atoms with E-state index in [1.54, 1.807) is 12.4 Å². The lowest BCUT2D eigenvalue weighted by Gasteiger charge is -2.31. The molecule has 1 aliphatic heterocycles. The number of rotatable bonds is 4. The van der Waals surface area contributed by atoms with Gasteiger partial charge < -0.3 is 10.6 Å². The molecule has 1 amide bonds. The third kappa shape index (κ3) is 5.65. The fourth-order valence-electron chi connectivity index (χ4n) is 2.38. The number of carbonyl (C=O) groups excluding carboxylic acids is 1. The summed E-state index contributed by atoms with van der Waals surface area (Å²) in [7, 11) is 0. The smallest absolute Gasteiger partial charge is 0.222 e. The number of hydrogen-bond acceptors (Lipinski definition) is 3. The van der Waals surface area contributed by atoms with E-state index in [4.69, 9.17) is 5.73 Å². The standard InChI is InChI=1S/C14H21N3O.2ClH/c15-11-13-5-9-17(10-6-13)14(18)2-1-12-3-7-16-8-4-12;;/h3-4,7-8,13H,1-2,5-6,9-11,15H2;2*1H. The van der Waals surface area contributed by atoms with E-state index in [1.165, 1.54) is 5.56 Å². The molecule has 114 valence electrons. The zero-order valence-corrected chi connectivity index (χ0v) is 13.2. The van der Waals surface area contributed by atoms with Crippen molar-refractivity contribution in [2.45, 2.75) is 25.7 Å². The summed E-state index contributed by atoms with van der Waals surface area (Å²) in [5.41, 5.74) is 6.83. The van der Waals surface area contributed by atoms with Crippen LogP contribution in [0.25, 0.3) is 0 Å². The van der Waals surface area contributed by atoms with Crippen LogP contribution in [-0.2, 0) is 11.2 Å². The number of piperidine rings is 1. The average molecular weight is 320 g/mol. The highest BCUT2D eigenvalue weighted by molar-refractivity contribution is 5.85. The van der Waals surface area contributed by atoms with Crippen LogP contribution in [0.1, 0.15) is 24.8 Å². The Morgan fingerprint density at radius 1 is 1.25 bits per heavy atom. The molecule has 2 rings (SSSR count). The fraction of sp³-hybridized carbons (Fsp3) is 0.571. The molecule has 0 atom stereocenters. The van der Waals surface area contributed by atoms with Gasteiger partial charge in [-0.25, -0.2) is 0 Å². The molecule has 1 fully saturated rings. The largest absolute Gasteiger partial charge is 0.343 e. The van der Waals surface area contributed by atoms with Gasteiger partial charge in [-0.2, -0.15) is 0 Å². The summed E-state index contributed by atoms with van der Waals surface area (Å²) in [6, 6.07) is 3.93. The number of nitrogens with two attached hydrogens (primary N) is 1. The molecule has 20 heavy (non-hydrogen) atoms. The molecule has 6 heteroatoms. The van der Waals surface area contributed by atoms with E-state index in [2.05, 4.69) is 4.98 Å². The molecule has 0 aliphatic carbocycles. The van der Waals surface area contributed by atoms with E-state index in [-0.39, 0.29) is 30.7 Å². The zero-order valence-electron chi connectivity index (χ0n) is 11.5. The maximum absolute atomic E-state index is 12.0. The Hall–Kier alpha value is -0.840. The number of nitrogens with zero attached hydrogens (tertiary/aromatic N) is 2. The lowest BCUT2D eigenvalue weighted by Crippen LogP contribution is -2.40. The Labute approximate surface area is 132 Å². The molecule has 0 unspecified atom stereocenters. The van der Waals surface area contributed by atoms with Gasteiger partial charge in [-0.1, -0.05) is 0 Å². The number of amides is 1. The molecular weight excluding hydrogens is 297 g/mol. The van der Waals surface area contributed by atoms with Crippen LogP contribution in [0.5, 0.6) is 0 Å². The van der Waals surface area contributed by atoms with Crippen LogP contribution in [-0.4, -0.2) is 35.4 Å². The minimum absolute atomic E-state index is 0. The molecule has 0 radical (unpaired) electrons. The Morgan fingerprint density at radius 3 is 2.40 bits per heavy atom. The van der Waals surface area contributed by atoms with Gasteiger partial charge in [-0.15, -0.1) is 24.8 Å². The lowest BCUT2D eigenvalue weighted by atomic mass is 9.97. The van der Waals surface area contributed by atoms with E-state index in [1.807, 2.05) is 17.0 Å².